The number of rotatable bonds is 1. The fourth-order valence-corrected chi connectivity index (χ4v) is 0.547. The SMILES string of the molecule is Cl.ClCc1cccnn1.[O-][S+](Cl)Cl. The number of halogens is 4. The fourth-order valence-electron chi connectivity index (χ4n) is 0.405. The molecule has 0 N–H and O–H groups in total. The van der Waals surface area contributed by atoms with Crippen LogP contribution in [0, 0.1) is 0 Å². The van der Waals surface area contributed by atoms with Crippen molar-refractivity contribution in [2.45, 2.75) is 5.88 Å². The minimum atomic E-state index is -1.67. The molecule has 3 nitrogen and oxygen atoms in total. The molecule has 0 aliphatic rings. The number of hydrogen-bond donors (Lipinski definition) is 0. The minimum Gasteiger partial charge on any atom is -0.582 e. The zero-order valence-corrected chi connectivity index (χ0v) is 10.1. The maximum atomic E-state index is 9.09. The van der Waals surface area contributed by atoms with E-state index in [1.807, 2.05) is 12.1 Å². The predicted octanol–water partition coefficient (Wildman–Crippen LogP) is 2.68. The molecule has 0 spiro atoms. The summed E-state index contributed by atoms with van der Waals surface area (Å²) in [6.45, 7) is 0. The molecule has 0 fully saturated rings. The highest BCUT2D eigenvalue weighted by Crippen LogP contribution is 1.98. The van der Waals surface area contributed by atoms with Crippen molar-refractivity contribution < 1.29 is 4.55 Å². The summed E-state index contributed by atoms with van der Waals surface area (Å²) in [6, 6.07) is 3.64. The van der Waals surface area contributed by atoms with Crippen LogP contribution in [0.5, 0.6) is 0 Å². The maximum Gasteiger partial charge on any atom is 0.198 e. The first-order valence-corrected chi connectivity index (χ1v) is 6.07. The third kappa shape index (κ3) is 12.5. The first-order chi connectivity index (χ1) is 5.66. The van der Waals surface area contributed by atoms with Crippen LogP contribution in [0.1, 0.15) is 5.69 Å². The maximum absolute atomic E-state index is 9.09. The number of nitrogens with zero attached hydrogens (tertiary/aromatic N) is 2. The number of hydrogen-bond acceptors (Lipinski definition) is 3. The molecule has 0 radical (unpaired) electrons. The first kappa shape index (κ1) is 16.0. The van der Waals surface area contributed by atoms with Gasteiger partial charge in [-0.05, 0) is 12.1 Å². The fraction of sp³-hybridized carbons (Fsp3) is 0.200. The van der Waals surface area contributed by atoms with Crippen molar-refractivity contribution in [3.8, 4) is 0 Å². The summed E-state index contributed by atoms with van der Waals surface area (Å²) in [4.78, 5) is 0. The van der Waals surface area contributed by atoms with Crippen molar-refractivity contribution in [2.75, 3.05) is 0 Å². The minimum absolute atomic E-state index is 0. The van der Waals surface area contributed by atoms with Gasteiger partial charge in [0.1, 0.15) is 0 Å². The largest absolute Gasteiger partial charge is 0.582 e. The lowest BCUT2D eigenvalue weighted by molar-refractivity contribution is 0.620. The van der Waals surface area contributed by atoms with Crippen LogP contribution in [0.15, 0.2) is 18.3 Å². The van der Waals surface area contributed by atoms with Gasteiger partial charge in [-0.25, -0.2) is 0 Å². The van der Waals surface area contributed by atoms with Crippen LogP contribution in [-0.4, -0.2) is 14.8 Å². The van der Waals surface area contributed by atoms with E-state index in [4.69, 9.17) is 16.2 Å². The van der Waals surface area contributed by atoms with Gasteiger partial charge >= 0.3 is 0 Å². The lowest BCUT2D eigenvalue weighted by Crippen LogP contribution is -1.84. The zero-order valence-electron chi connectivity index (χ0n) is 6.19. The van der Waals surface area contributed by atoms with E-state index in [9.17, 15) is 0 Å². The van der Waals surface area contributed by atoms with E-state index in [1.54, 1.807) is 6.20 Å². The van der Waals surface area contributed by atoms with E-state index >= 15 is 0 Å². The predicted molar refractivity (Wildman–Crippen MR) is 58.7 cm³/mol. The van der Waals surface area contributed by atoms with Crippen molar-refractivity contribution in [2.24, 2.45) is 0 Å². The molecule has 8 heteroatoms. The second-order valence-electron chi connectivity index (χ2n) is 1.53. The van der Waals surface area contributed by atoms with E-state index in [2.05, 4.69) is 31.6 Å². The summed E-state index contributed by atoms with van der Waals surface area (Å²) in [5.74, 6) is 0.438. The van der Waals surface area contributed by atoms with Crippen LogP contribution in [-0.2, 0) is 15.5 Å². The van der Waals surface area contributed by atoms with Gasteiger partial charge in [0.05, 0.1) is 11.6 Å². The summed E-state index contributed by atoms with van der Waals surface area (Å²) >= 11 is 5.42. The first-order valence-electron chi connectivity index (χ1n) is 2.73. The molecule has 0 saturated heterocycles. The lowest BCUT2D eigenvalue weighted by Gasteiger charge is -1.85. The molecule has 1 rings (SSSR count). The highest BCUT2D eigenvalue weighted by atomic mass is 36.0. The Morgan fingerprint density at radius 2 is 2.00 bits per heavy atom. The molecule has 0 unspecified atom stereocenters. The summed E-state index contributed by atoms with van der Waals surface area (Å²) in [6.07, 6.45) is 1.62. The number of aromatic nitrogens is 2. The Morgan fingerprint density at radius 3 is 2.23 bits per heavy atom. The van der Waals surface area contributed by atoms with E-state index in [0.29, 0.717) is 5.88 Å². The average molecular weight is 284 g/mol. The summed E-state index contributed by atoms with van der Waals surface area (Å²) in [5, 5.41) is 7.34. The zero-order chi connectivity index (χ0) is 9.40. The quantitative estimate of drug-likeness (QED) is 0.588. The summed E-state index contributed by atoms with van der Waals surface area (Å²) in [5.41, 5.74) is 0.814. The average Bonchev–Trinajstić information content (AvgIpc) is 2.05. The van der Waals surface area contributed by atoms with Gasteiger partial charge in [0.2, 0.25) is 0 Å². The topological polar surface area (TPSA) is 48.8 Å². The highest BCUT2D eigenvalue weighted by molar-refractivity contribution is 8.31. The van der Waals surface area contributed by atoms with Gasteiger partial charge in [0.25, 0.3) is 0 Å². The van der Waals surface area contributed by atoms with Crippen LogP contribution in [0.4, 0.5) is 0 Å². The van der Waals surface area contributed by atoms with Gasteiger partial charge < -0.3 is 4.55 Å². The van der Waals surface area contributed by atoms with Crippen LogP contribution in [0.3, 0.4) is 0 Å². The number of alkyl halides is 1. The van der Waals surface area contributed by atoms with Crippen molar-refractivity contribution in [3.05, 3.63) is 24.0 Å². The van der Waals surface area contributed by atoms with Crippen LogP contribution >= 0.6 is 45.4 Å². The molecule has 1 aromatic heterocycles. The molecule has 13 heavy (non-hydrogen) atoms. The molecule has 0 atom stereocenters. The molecule has 0 aliphatic carbocycles. The van der Waals surface area contributed by atoms with E-state index in [-0.39, 0.29) is 12.4 Å². The molecule has 0 aromatic carbocycles. The molecule has 76 valence electrons. The van der Waals surface area contributed by atoms with E-state index in [0.717, 1.165) is 5.69 Å². The highest BCUT2D eigenvalue weighted by Gasteiger charge is 1.85. The Bertz CT molecular complexity index is 198. The Labute approximate surface area is 99.4 Å². The van der Waals surface area contributed by atoms with E-state index < -0.39 is 9.60 Å². The second kappa shape index (κ2) is 10.6. The van der Waals surface area contributed by atoms with Crippen LogP contribution in [0.2, 0.25) is 0 Å². The Kier molecular flexibility index (Phi) is 13.1. The smallest absolute Gasteiger partial charge is 0.198 e. The Balaban J connectivity index is 0. The molecular formula is C5H6Cl4N2OS. The van der Waals surface area contributed by atoms with Crippen molar-refractivity contribution in [1.82, 2.24) is 10.2 Å². The van der Waals surface area contributed by atoms with Crippen molar-refractivity contribution in [1.29, 1.82) is 0 Å². The Morgan fingerprint density at radius 1 is 1.46 bits per heavy atom. The standard InChI is InChI=1S/C5H5ClN2.Cl2OS.ClH/c6-4-5-2-1-3-7-8-5;1-4(2)3;/h1-3H,4H2;;1H. The molecule has 0 amide bonds. The monoisotopic (exact) mass is 282 g/mol. The normalized spacial score (nSPS) is 8.38. The second-order valence-corrected chi connectivity index (χ2v) is 4.32. The van der Waals surface area contributed by atoms with Gasteiger partial charge in [0, 0.05) is 6.20 Å². The van der Waals surface area contributed by atoms with E-state index in [1.165, 1.54) is 0 Å². The molecule has 0 aliphatic heterocycles. The molecular weight excluding hydrogens is 278 g/mol. The molecule has 1 aromatic rings. The summed E-state index contributed by atoms with van der Waals surface area (Å²) < 4.78 is 9.09. The lowest BCUT2D eigenvalue weighted by atomic mass is 10.4. The van der Waals surface area contributed by atoms with Crippen molar-refractivity contribution in [3.63, 3.8) is 0 Å². The van der Waals surface area contributed by atoms with Gasteiger partial charge in [-0.1, -0.05) is 0 Å². The van der Waals surface area contributed by atoms with Gasteiger partial charge in [-0.3, -0.25) is 0 Å². The van der Waals surface area contributed by atoms with Crippen molar-refractivity contribution >= 4 is 55.0 Å². The molecule has 1 heterocycles. The third-order valence-electron chi connectivity index (χ3n) is 0.764. The van der Waals surface area contributed by atoms with Gasteiger partial charge in [-0.2, -0.15) is 10.2 Å². The van der Waals surface area contributed by atoms with Gasteiger partial charge in [0.15, 0.2) is 31.0 Å². The molecule has 0 saturated carbocycles. The van der Waals surface area contributed by atoms with Crippen LogP contribution in [0.25, 0.3) is 0 Å². The molecule has 0 bridgehead atoms. The van der Waals surface area contributed by atoms with Crippen LogP contribution < -0.4 is 0 Å². The summed E-state index contributed by atoms with van der Waals surface area (Å²) in [7, 11) is 7.36. The Hall–Kier alpha value is 0.550. The van der Waals surface area contributed by atoms with Gasteiger partial charge in [-0.15, -0.1) is 24.0 Å². The third-order valence-corrected chi connectivity index (χ3v) is 1.04.